The average Bonchev–Trinajstić information content (AvgIpc) is 3.24. The highest BCUT2D eigenvalue weighted by Gasteiger charge is 2.26. The van der Waals surface area contributed by atoms with Crippen LogP contribution < -0.4 is 10.9 Å². The summed E-state index contributed by atoms with van der Waals surface area (Å²) in [4.78, 5) is 26.2. The van der Waals surface area contributed by atoms with Gasteiger partial charge in [0.25, 0.3) is 11.5 Å². The molecule has 2 aromatic rings. The molecule has 0 radical (unpaired) electrons. The molecular formula is C17H21N3O3. The van der Waals surface area contributed by atoms with Gasteiger partial charge < -0.3 is 14.3 Å². The molecule has 0 bridgehead atoms. The number of aromatic nitrogens is 1. The summed E-state index contributed by atoms with van der Waals surface area (Å²) in [6.07, 6.45) is 5.59. The Morgan fingerprint density at radius 1 is 1.35 bits per heavy atom. The van der Waals surface area contributed by atoms with Crippen molar-refractivity contribution in [2.24, 2.45) is 7.05 Å². The second-order valence-corrected chi connectivity index (χ2v) is 5.85. The molecule has 1 atom stereocenters. The van der Waals surface area contributed by atoms with Gasteiger partial charge in [0, 0.05) is 31.4 Å². The molecule has 3 heterocycles. The maximum Gasteiger partial charge on any atom is 0.251 e. The van der Waals surface area contributed by atoms with E-state index in [1.807, 2.05) is 12.1 Å². The number of amides is 1. The summed E-state index contributed by atoms with van der Waals surface area (Å²) in [5.74, 6) is 0.620. The van der Waals surface area contributed by atoms with Gasteiger partial charge in [0.1, 0.15) is 5.76 Å². The third kappa shape index (κ3) is 3.53. The van der Waals surface area contributed by atoms with E-state index in [2.05, 4.69) is 10.2 Å². The van der Waals surface area contributed by atoms with E-state index in [0.29, 0.717) is 12.1 Å². The molecular weight excluding hydrogens is 294 g/mol. The summed E-state index contributed by atoms with van der Waals surface area (Å²) in [6, 6.07) is 6.83. The highest BCUT2D eigenvalue weighted by molar-refractivity contribution is 5.93. The number of hydrogen-bond acceptors (Lipinski definition) is 4. The highest BCUT2D eigenvalue weighted by Crippen LogP contribution is 2.24. The number of nitrogens with zero attached hydrogens (tertiary/aromatic N) is 2. The number of aryl methyl sites for hydroxylation is 1. The van der Waals surface area contributed by atoms with Crippen LogP contribution in [0.2, 0.25) is 0 Å². The predicted molar refractivity (Wildman–Crippen MR) is 86.3 cm³/mol. The van der Waals surface area contributed by atoms with E-state index < -0.39 is 0 Å². The van der Waals surface area contributed by atoms with Crippen LogP contribution in [-0.4, -0.2) is 35.0 Å². The Morgan fingerprint density at radius 2 is 2.13 bits per heavy atom. The summed E-state index contributed by atoms with van der Waals surface area (Å²) in [5.41, 5.74) is 0.187. The van der Waals surface area contributed by atoms with Gasteiger partial charge in [-0.1, -0.05) is 0 Å². The topological polar surface area (TPSA) is 67.5 Å². The summed E-state index contributed by atoms with van der Waals surface area (Å²) in [6.45, 7) is 2.47. The molecule has 1 N–H and O–H groups in total. The fourth-order valence-corrected chi connectivity index (χ4v) is 2.92. The fourth-order valence-electron chi connectivity index (χ4n) is 2.92. The van der Waals surface area contributed by atoms with Crippen molar-refractivity contribution < 1.29 is 9.21 Å². The minimum Gasteiger partial charge on any atom is -0.468 e. The van der Waals surface area contributed by atoms with Gasteiger partial charge >= 0.3 is 0 Å². The van der Waals surface area contributed by atoms with E-state index in [9.17, 15) is 9.59 Å². The maximum absolute atomic E-state index is 12.3. The summed E-state index contributed by atoms with van der Waals surface area (Å²) in [5, 5.41) is 2.92. The molecule has 0 aliphatic carbocycles. The molecule has 1 amide bonds. The number of likely N-dealkylation sites (tertiary alicyclic amines) is 1. The molecule has 1 aliphatic rings. The number of pyridine rings is 1. The van der Waals surface area contributed by atoms with Crippen molar-refractivity contribution in [2.75, 3.05) is 19.6 Å². The van der Waals surface area contributed by atoms with E-state index in [1.165, 1.54) is 23.5 Å². The van der Waals surface area contributed by atoms with Gasteiger partial charge in [-0.25, -0.2) is 0 Å². The second kappa shape index (κ2) is 6.83. The van der Waals surface area contributed by atoms with E-state index in [4.69, 9.17) is 4.42 Å². The second-order valence-electron chi connectivity index (χ2n) is 5.85. The fraction of sp³-hybridized carbons (Fsp3) is 0.412. The van der Waals surface area contributed by atoms with Crippen molar-refractivity contribution in [1.82, 2.24) is 14.8 Å². The number of carbonyl (C=O) groups is 1. The molecule has 122 valence electrons. The van der Waals surface area contributed by atoms with Crippen LogP contribution in [0.1, 0.15) is 35.0 Å². The van der Waals surface area contributed by atoms with Crippen molar-refractivity contribution >= 4 is 5.91 Å². The molecule has 0 unspecified atom stereocenters. The van der Waals surface area contributed by atoms with Crippen LogP contribution in [-0.2, 0) is 7.05 Å². The van der Waals surface area contributed by atoms with E-state index in [0.717, 1.165) is 18.8 Å². The Balaban J connectivity index is 1.69. The van der Waals surface area contributed by atoms with Crippen LogP contribution in [0.4, 0.5) is 0 Å². The van der Waals surface area contributed by atoms with E-state index in [1.54, 1.807) is 25.6 Å². The molecule has 6 nitrogen and oxygen atoms in total. The zero-order valence-electron chi connectivity index (χ0n) is 13.2. The van der Waals surface area contributed by atoms with Crippen molar-refractivity contribution in [2.45, 2.75) is 18.9 Å². The van der Waals surface area contributed by atoms with Gasteiger partial charge in [-0.15, -0.1) is 0 Å². The van der Waals surface area contributed by atoms with Gasteiger partial charge in [0.15, 0.2) is 0 Å². The summed E-state index contributed by atoms with van der Waals surface area (Å²) in [7, 11) is 1.66. The van der Waals surface area contributed by atoms with Gasteiger partial charge in [-0.05, 0) is 44.1 Å². The molecule has 23 heavy (non-hydrogen) atoms. The molecule has 0 spiro atoms. The zero-order valence-corrected chi connectivity index (χ0v) is 13.2. The molecule has 0 aromatic carbocycles. The van der Waals surface area contributed by atoms with Gasteiger partial charge in [-0.3, -0.25) is 14.5 Å². The van der Waals surface area contributed by atoms with Gasteiger partial charge in [0.2, 0.25) is 0 Å². The maximum atomic E-state index is 12.3. The molecule has 1 fully saturated rings. The Morgan fingerprint density at radius 3 is 2.78 bits per heavy atom. The van der Waals surface area contributed by atoms with Gasteiger partial charge in [0.05, 0.1) is 12.3 Å². The Labute approximate surface area is 134 Å². The third-order valence-electron chi connectivity index (χ3n) is 4.28. The standard InChI is InChI=1S/C17H21N3O3/c1-19-9-6-13(11-16(19)21)17(22)18-12-14(15-5-4-10-23-15)20-7-2-3-8-20/h4-6,9-11,14H,2-3,7-8,12H2,1H3,(H,18,22)/t14-/m1/s1. The lowest BCUT2D eigenvalue weighted by molar-refractivity contribution is 0.0933. The number of hydrogen-bond donors (Lipinski definition) is 1. The lowest BCUT2D eigenvalue weighted by Crippen LogP contribution is -2.37. The monoisotopic (exact) mass is 315 g/mol. The lowest BCUT2D eigenvalue weighted by Gasteiger charge is -2.26. The van der Waals surface area contributed by atoms with Crippen LogP contribution in [0, 0.1) is 0 Å². The number of furan rings is 1. The molecule has 1 saturated heterocycles. The SMILES string of the molecule is Cn1ccc(C(=O)NC[C@H](c2ccco2)N2CCCC2)cc1=O. The van der Waals surface area contributed by atoms with E-state index >= 15 is 0 Å². The quantitative estimate of drug-likeness (QED) is 0.909. The number of carbonyl (C=O) groups excluding carboxylic acids is 1. The van der Waals surface area contributed by atoms with Crippen molar-refractivity contribution in [3.8, 4) is 0 Å². The number of rotatable bonds is 5. The molecule has 3 rings (SSSR count). The van der Waals surface area contributed by atoms with Crippen LogP contribution in [0.25, 0.3) is 0 Å². The van der Waals surface area contributed by atoms with Gasteiger partial charge in [-0.2, -0.15) is 0 Å². The first-order valence-electron chi connectivity index (χ1n) is 7.87. The Hall–Kier alpha value is -2.34. The molecule has 1 aliphatic heterocycles. The third-order valence-corrected chi connectivity index (χ3v) is 4.28. The van der Waals surface area contributed by atoms with Crippen LogP contribution >= 0.6 is 0 Å². The minimum absolute atomic E-state index is 0.0306. The van der Waals surface area contributed by atoms with Crippen molar-refractivity contribution in [3.05, 3.63) is 58.4 Å². The van der Waals surface area contributed by atoms with Crippen molar-refractivity contribution in [3.63, 3.8) is 0 Å². The molecule has 2 aromatic heterocycles. The first kappa shape index (κ1) is 15.6. The first-order valence-corrected chi connectivity index (χ1v) is 7.87. The molecule has 0 saturated carbocycles. The van der Waals surface area contributed by atoms with Crippen molar-refractivity contribution in [1.29, 1.82) is 0 Å². The van der Waals surface area contributed by atoms with Crippen LogP contribution in [0.3, 0.4) is 0 Å². The smallest absolute Gasteiger partial charge is 0.251 e. The highest BCUT2D eigenvalue weighted by atomic mass is 16.3. The first-order chi connectivity index (χ1) is 11.1. The average molecular weight is 315 g/mol. The lowest BCUT2D eigenvalue weighted by atomic mass is 10.2. The largest absolute Gasteiger partial charge is 0.468 e. The summed E-state index contributed by atoms with van der Waals surface area (Å²) < 4.78 is 6.97. The van der Waals surface area contributed by atoms with E-state index in [-0.39, 0.29) is 17.5 Å². The van der Waals surface area contributed by atoms with Crippen LogP contribution in [0.15, 0.2) is 45.9 Å². The normalized spacial score (nSPS) is 16.4. The summed E-state index contributed by atoms with van der Waals surface area (Å²) >= 11 is 0. The predicted octanol–water partition coefficient (Wildman–Crippen LogP) is 1.55. The Kier molecular flexibility index (Phi) is 4.62. The Bertz CT molecular complexity index is 715. The zero-order chi connectivity index (χ0) is 16.2. The van der Waals surface area contributed by atoms with Crippen LogP contribution in [0.5, 0.6) is 0 Å². The minimum atomic E-state index is -0.238. The molecule has 6 heteroatoms. The number of nitrogens with one attached hydrogen (secondary N) is 1.